The molecule has 0 saturated carbocycles. The van der Waals surface area contributed by atoms with Crippen LogP contribution in [0.4, 0.5) is 5.95 Å². The zero-order valence-corrected chi connectivity index (χ0v) is 12.1. The average molecular weight is 284 g/mol. The standard InChI is InChI=1S/C15H16N4O2/c1-16-15-18-11-8-17-10(7-12(11)19(15)2)9-4-5-13(20)14(6-9)21-3/h4-8,20H,1-3H3,(H,16,18). The molecule has 3 aromatic rings. The number of imidazole rings is 1. The van der Waals surface area contributed by atoms with E-state index in [9.17, 15) is 5.11 Å². The van der Waals surface area contributed by atoms with Gasteiger partial charge in [0.25, 0.3) is 0 Å². The molecule has 0 atom stereocenters. The van der Waals surface area contributed by atoms with Gasteiger partial charge in [-0.25, -0.2) is 4.98 Å². The Kier molecular flexibility index (Phi) is 3.13. The zero-order valence-electron chi connectivity index (χ0n) is 12.1. The topological polar surface area (TPSA) is 72.2 Å². The fourth-order valence-electron chi connectivity index (χ4n) is 2.31. The van der Waals surface area contributed by atoms with Crippen molar-refractivity contribution in [3.63, 3.8) is 0 Å². The van der Waals surface area contributed by atoms with Gasteiger partial charge in [-0.3, -0.25) is 4.98 Å². The number of aryl methyl sites for hydroxylation is 1. The molecule has 0 bridgehead atoms. The fraction of sp³-hybridized carbons (Fsp3) is 0.200. The molecule has 0 aliphatic heterocycles. The van der Waals surface area contributed by atoms with Gasteiger partial charge in [-0.2, -0.15) is 0 Å². The van der Waals surface area contributed by atoms with E-state index in [0.29, 0.717) is 5.75 Å². The largest absolute Gasteiger partial charge is 0.504 e. The number of phenolic OH excluding ortho intramolecular Hbond substituents is 1. The van der Waals surface area contributed by atoms with E-state index in [-0.39, 0.29) is 5.75 Å². The third-order valence-electron chi connectivity index (χ3n) is 3.47. The van der Waals surface area contributed by atoms with Crippen LogP contribution in [0.5, 0.6) is 11.5 Å². The van der Waals surface area contributed by atoms with Crippen molar-refractivity contribution in [2.75, 3.05) is 19.5 Å². The second-order valence-electron chi connectivity index (χ2n) is 4.69. The highest BCUT2D eigenvalue weighted by Gasteiger charge is 2.10. The quantitative estimate of drug-likeness (QED) is 0.772. The van der Waals surface area contributed by atoms with Gasteiger partial charge in [-0.05, 0) is 24.3 Å². The van der Waals surface area contributed by atoms with Crippen LogP contribution >= 0.6 is 0 Å². The van der Waals surface area contributed by atoms with Crippen LogP contribution in [0.3, 0.4) is 0 Å². The minimum Gasteiger partial charge on any atom is -0.504 e. The van der Waals surface area contributed by atoms with Gasteiger partial charge in [0.1, 0.15) is 5.52 Å². The lowest BCUT2D eigenvalue weighted by atomic mass is 10.1. The van der Waals surface area contributed by atoms with Crippen LogP contribution in [0.1, 0.15) is 0 Å². The lowest BCUT2D eigenvalue weighted by molar-refractivity contribution is 0.373. The Hall–Kier alpha value is -2.76. The van der Waals surface area contributed by atoms with Gasteiger partial charge >= 0.3 is 0 Å². The van der Waals surface area contributed by atoms with Crippen molar-refractivity contribution in [2.45, 2.75) is 0 Å². The minimum atomic E-state index is 0.111. The predicted octanol–water partition coefficient (Wildman–Crippen LogP) is 2.39. The van der Waals surface area contributed by atoms with Crippen molar-refractivity contribution in [2.24, 2.45) is 7.05 Å². The second kappa shape index (κ2) is 4.97. The van der Waals surface area contributed by atoms with E-state index in [1.165, 1.54) is 7.11 Å². The maximum atomic E-state index is 9.67. The first-order valence-corrected chi connectivity index (χ1v) is 6.51. The Morgan fingerprint density at radius 3 is 2.81 bits per heavy atom. The Morgan fingerprint density at radius 2 is 2.10 bits per heavy atom. The summed E-state index contributed by atoms with van der Waals surface area (Å²) < 4.78 is 7.10. The molecule has 2 heterocycles. The molecule has 0 aliphatic rings. The van der Waals surface area contributed by atoms with Crippen LogP contribution < -0.4 is 10.1 Å². The predicted molar refractivity (Wildman–Crippen MR) is 81.7 cm³/mol. The molecule has 108 valence electrons. The average Bonchev–Trinajstić information content (AvgIpc) is 2.83. The van der Waals surface area contributed by atoms with Crippen molar-refractivity contribution < 1.29 is 9.84 Å². The van der Waals surface area contributed by atoms with E-state index in [1.807, 2.05) is 24.7 Å². The van der Waals surface area contributed by atoms with Crippen LogP contribution in [0.25, 0.3) is 22.3 Å². The molecule has 0 radical (unpaired) electrons. The smallest absolute Gasteiger partial charge is 0.203 e. The van der Waals surface area contributed by atoms with Crippen LogP contribution in [0.15, 0.2) is 30.5 Å². The summed E-state index contributed by atoms with van der Waals surface area (Å²) in [6.07, 6.45) is 1.74. The van der Waals surface area contributed by atoms with Crippen molar-refractivity contribution in [3.8, 4) is 22.8 Å². The third kappa shape index (κ3) is 2.14. The number of methoxy groups -OCH3 is 1. The molecule has 6 nitrogen and oxygen atoms in total. The number of benzene rings is 1. The highest BCUT2D eigenvalue weighted by molar-refractivity contribution is 5.82. The molecule has 0 unspecified atom stereocenters. The summed E-state index contributed by atoms with van der Waals surface area (Å²) in [6.45, 7) is 0. The summed E-state index contributed by atoms with van der Waals surface area (Å²) in [5, 5.41) is 12.7. The first kappa shape index (κ1) is 13.2. The monoisotopic (exact) mass is 284 g/mol. The van der Waals surface area contributed by atoms with Crippen LogP contribution in [-0.2, 0) is 7.05 Å². The van der Waals surface area contributed by atoms with Crippen LogP contribution in [-0.4, -0.2) is 33.8 Å². The molecule has 2 N–H and O–H groups in total. The number of pyridine rings is 1. The number of aromatic nitrogens is 3. The lowest BCUT2D eigenvalue weighted by Gasteiger charge is -2.07. The number of phenols is 1. The second-order valence-corrected chi connectivity index (χ2v) is 4.69. The summed E-state index contributed by atoms with van der Waals surface area (Å²) in [6, 6.07) is 7.14. The van der Waals surface area contributed by atoms with Crippen molar-refractivity contribution >= 4 is 17.0 Å². The summed E-state index contributed by atoms with van der Waals surface area (Å²) in [5.41, 5.74) is 3.48. The Balaban J connectivity index is 2.14. The number of rotatable bonds is 3. The number of anilines is 1. The normalized spacial score (nSPS) is 10.8. The maximum Gasteiger partial charge on any atom is 0.203 e. The first-order valence-electron chi connectivity index (χ1n) is 6.51. The molecule has 6 heteroatoms. The van der Waals surface area contributed by atoms with Crippen molar-refractivity contribution in [1.82, 2.24) is 14.5 Å². The third-order valence-corrected chi connectivity index (χ3v) is 3.47. The number of nitrogens with one attached hydrogen (secondary N) is 1. The van der Waals surface area contributed by atoms with Crippen molar-refractivity contribution in [3.05, 3.63) is 30.5 Å². The molecular weight excluding hydrogens is 268 g/mol. The zero-order chi connectivity index (χ0) is 15.0. The molecule has 0 aliphatic carbocycles. The molecular formula is C15H16N4O2. The lowest BCUT2D eigenvalue weighted by Crippen LogP contribution is -1.97. The molecule has 0 amide bonds. The van der Waals surface area contributed by atoms with Gasteiger partial charge in [-0.15, -0.1) is 0 Å². The van der Waals surface area contributed by atoms with E-state index in [2.05, 4.69) is 15.3 Å². The van der Waals surface area contributed by atoms with Gasteiger partial charge in [0, 0.05) is 19.7 Å². The molecule has 2 aromatic heterocycles. The molecule has 0 saturated heterocycles. The number of aromatic hydroxyl groups is 1. The highest BCUT2D eigenvalue weighted by atomic mass is 16.5. The van der Waals surface area contributed by atoms with E-state index >= 15 is 0 Å². The van der Waals surface area contributed by atoms with Gasteiger partial charge in [0.05, 0.1) is 24.5 Å². The molecule has 3 rings (SSSR count). The highest BCUT2D eigenvalue weighted by Crippen LogP contribution is 2.31. The van der Waals surface area contributed by atoms with Gasteiger partial charge in [0.2, 0.25) is 5.95 Å². The van der Waals surface area contributed by atoms with E-state index in [4.69, 9.17) is 4.74 Å². The molecule has 1 aromatic carbocycles. The number of ether oxygens (including phenoxy) is 1. The minimum absolute atomic E-state index is 0.111. The summed E-state index contributed by atoms with van der Waals surface area (Å²) >= 11 is 0. The number of hydrogen-bond donors (Lipinski definition) is 2. The Morgan fingerprint density at radius 1 is 1.29 bits per heavy atom. The number of nitrogens with zero attached hydrogens (tertiary/aromatic N) is 3. The first-order chi connectivity index (χ1) is 10.1. The Bertz CT molecular complexity index is 811. The number of fused-ring (bicyclic) bond motifs is 1. The van der Waals surface area contributed by atoms with E-state index in [0.717, 1.165) is 28.2 Å². The van der Waals surface area contributed by atoms with Crippen LogP contribution in [0, 0.1) is 0 Å². The molecule has 0 spiro atoms. The van der Waals surface area contributed by atoms with Gasteiger partial charge in [0.15, 0.2) is 11.5 Å². The Labute approximate surface area is 122 Å². The van der Waals surface area contributed by atoms with E-state index in [1.54, 1.807) is 24.4 Å². The number of hydrogen-bond acceptors (Lipinski definition) is 5. The summed E-state index contributed by atoms with van der Waals surface area (Å²) in [4.78, 5) is 8.87. The fourth-order valence-corrected chi connectivity index (χ4v) is 2.31. The molecule has 21 heavy (non-hydrogen) atoms. The van der Waals surface area contributed by atoms with Gasteiger partial charge < -0.3 is 19.7 Å². The molecule has 0 fully saturated rings. The van der Waals surface area contributed by atoms with Crippen LogP contribution in [0.2, 0.25) is 0 Å². The summed E-state index contributed by atoms with van der Waals surface area (Å²) in [7, 11) is 5.30. The van der Waals surface area contributed by atoms with Gasteiger partial charge in [-0.1, -0.05) is 0 Å². The van der Waals surface area contributed by atoms with E-state index < -0.39 is 0 Å². The summed E-state index contributed by atoms with van der Waals surface area (Å²) in [5.74, 6) is 1.32. The maximum absolute atomic E-state index is 9.67. The SMILES string of the molecule is CNc1nc2cnc(-c3ccc(O)c(OC)c3)cc2n1C. The van der Waals surface area contributed by atoms with Crippen molar-refractivity contribution in [1.29, 1.82) is 0 Å².